The van der Waals surface area contributed by atoms with Crippen molar-refractivity contribution >= 4 is 15.9 Å². The van der Waals surface area contributed by atoms with Crippen LogP contribution in [-0.4, -0.2) is 41.6 Å². The van der Waals surface area contributed by atoms with Crippen LogP contribution in [0.4, 0.5) is 0 Å². The molecule has 2 aromatic rings. The number of piperidine rings is 1. The van der Waals surface area contributed by atoms with Crippen LogP contribution in [-0.2, 0) is 24.4 Å². The first kappa shape index (κ1) is 22.8. The Labute approximate surface area is 198 Å². The fourth-order valence-corrected chi connectivity index (χ4v) is 4.52. The second-order valence-electron chi connectivity index (χ2n) is 8.36. The average molecular weight is 499 g/mol. The van der Waals surface area contributed by atoms with Crippen LogP contribution in [0.25, 0.3) is 0 Å². The molecular formula is C25H31BrN4O2. The van der Waals surface area contributed by atoms with Crippen LogP contribution in [0.15, 0.2) is 52.8 Å². The van der Waals surface area contributed by atoms with E-state index in [-0.39, 0.29) is 0 Å². The molecule has 0 radical (unpaired) electrons. The summed E-state index contributed by atoms with van der Waals surface area (Å²) >= 11 is 3.54. The number of aromatic nitrogens is 2. The van der Waals surface area contributed by atoms with Gasteiger partial charge in [0.25, 0.3) is 0 Å². The zero-order valence-electron chi connectivity index (χ0n) is 18.8. The molecule has 6 nitrogen and oxygen atoms in total. The quantitative estimate of drug-likeness (QED) is 0.578. The minimum Gasteiger partial charge on any atom is -0.485 e. The normalized spacial score (nSPS) is 16.9. The molecule has 2 aliphatic heterocycles. The first-order valence-corrected chi connectivity index (χ1v) is 12.0. The number of likely N-dealkylation sites (tertiary alicyclic amines) is 1. The molecule has 32 heavy (non-hydrogen) atoms. The third-order valence-corrected chi connectivity index (χ3v) is 6.49. The summed E-state index contributed by atoms with van der Waals surface area (Å²) in [7, 11) is 1.69. The number of hydrogen-bond acceptors (Lipinski definition) is 6. The van der Waals surface area contributed by atoms with Gasteiger partial charge in [-0.2, -0.15) is 0 Å². The van der Waals surface area contributed by atoms with Crippen molar-refractivity contribution in [3.8, 4) is 5.75 Å². The van der Waals surface area contributed by atoms with E-state index in [1.165, 1.54) is 10.3 Å². The van der Waals surface area contributed by atoms with Crippen molar-refractivity contribution in [1.29, 1.82) is 0 Å². The maximum Gasteiger partial charge on any atom is 0.164 e. The van der Waals surface area contributed by atoms with Gasteiger partial charge in [-0.25, -0.2) is 9.97 Å². The van der Waals surface area contributed by atoms with Crippen molar-refractivity contribution in [2.45, 2.75) is 39.4 Å². The van der Waals surface area contributed by atoms with Crippen molar-refractivity contribution in [1.82, 2.24) is 20.2 Å². The lowest BCUT2D eigenvalue weighted by Crippen LogP contribution is -2.39. The monoisotopic (exact) mass is 498 g/mol. The van der Waals surface area contributed by atoms with E-state index in [0.717, 1.165) is 67.4 Å². The summed E-state index contributed by atoms with van der Waals surface area (Å²) in [6.07, 6.45) is 7.46. The van der Waals surface area contributed by atoms with Crippen LogP contribution in [0.5, 0.6) is 5.75 Å². The number of allylic oxidation sites excluding steroid dienone is 2. The molecule has 2 aliphatic rings. The van der Waals surface area contributed by atoms with Gasteiger partial charge in [0, 0.05) is 37.6 Å². The molecule has 0 amide bonds. The van der Waals surface area contributed by atoms with E-state index in [1.54, 1.807) is 7.11 Å². The number of ether oxygens (including phenoxy) is 2. The Morgan fingerprint density at radius 3 is 2.56 bits per heavy atom. The summed E-state index contributed by atoms with van der Waals surface area (Å²) in [5, 5.41) is 3.48. The van der Waals surface area contributed by atoms with Crippen LogP contribution in [0.2, 0.25) is 0 Å². The van der Waals surface area contributed by atoms with Gasteiger partial charge in [-0.1, -0.05) is 46.3 Å². The van der Waals surface area contributed by atoms with Gasteiger partial charge in [-0.3, -0.25) is 0 Å². The molecule has 7 heteroatoms. The molecule has 1 aromatic heterocycles. The summed E-state index contributed by atoms with van der Waals surface area (Å²) < 4.78 is 12.7. The zero-order valence-corrected chi connectivity index (χ0v) is 20.4. The van der Waals surface area contributed by atoms with Crippen LogP contribution in [0.1, 0.15) is 35.6 Å². The fraction of sp³-hybridized carbons (Fsp3) is 0.440. The van der Waals surface area contributed by atoms with E-state index in [9.17, 15) is 0 Å². The van der Waals surface area contributed by atoms with Crippen LogP contribution >= 0.6 is 15.9 Å². The molecule has 0 saturated carbocycles. The lowest BCUT2D eigenvalue weighted by Gasteiger charge is -2.36. The van der Waals surface area contributed by atoms with Crippen molar-refractivity contribution in [2.75, 3.05) is 26.7 Å². The standard InChI is InChI=1S/C25H31BrN4O2/c1-18-25(32-16-20-6-4-3-5-7-20)22(17-31-2)29-23(28-18)14-19-10-12-30(13-11-19)24-9-8-21(26)15-27-24/h3-9,19,27H,10-17H2,1-2H3. The van der Waals surface area contributed by atoms with Gasteiger partial charge < -0.3 is 19.7 Å². The molecular weight excluding hydrogens is 468 g/mol. The Hall–Kier alpha value is -2.38. The van der Waals surface area contributed by atoms with E-state index in [2.05, 4.69) is 50.4 Å². The molecule has 170 valence electrons. The Kier molecular flexibility index (Phi) is 7.81. The van der Waals surface area contributed by atoms with Gasteiger partial charge in [-0.05, 0) is 43.4 Å². The number of aryl methyl sites for hydroxylation is 1. The first-order valence-electron chi connectivity index (χ1n) is 11.2. The Bertz CT molecular complexity index is 969. The van der Waals surface area contributed by atoms with Gasteiger partial charge in [0.2, 0.25) is 0 Å². The lowest BCUT2D eigenvalue weighted by molar-refractivity contribution is 0.173. The number of nitrogens with one attached hydrogen (secondary N) is 1. The summed E-state index contributed by atoms with van der Waals surface area (Å²) in [5.41, 5.74) is 2.83. The third kappa shape index (κ3) is 5.90. The van der Waals surface area contributed by atoms with Crippen molar-refractivity contribution in [3.05, 3.63) is 75.6 Å². The molecule has 4 rings (SSSR count). The molecule has 0 atom stereocenters. The van der Waals surface area contributed by atoms with Crippen LogP contribution in [0.3, 0.4) is 0 Å². The Morgan fingerprint density at radius 1 is 1.09 bits per heavy atom. The molecule has 1 saturated heterocycles. The highest BCUT2D eigenvalue weighted by atomic mass is 79.9. The number of rotatable bonds is 8. The molecule has 0 spiro atoms. The molecule has 1 aromatic carbocycles. The first-order chi connectivity index (χ1) is 15.6. The van der Waals surface area contributed by atoms with Gasteiger partial charge in [0.05, 0.1) is 12.3 Å². The lowest BCUT2D eigenvalue weighted by atomic mass is 9.93. The smallest absolute Gasteiger partial charge is 0.164 e. The van der Waals surface area contributed by atoms with E-state index in [1.807, 2.05) is 25.1 Å². The topological polar surface area (TPSA) is 59.5 Å². The van der Waals surface area contributed by atoms with E-state index in [4.69, 9.17) is 19.4 Å². The van der Waals surface area contributed by atoms with Gasteiger partial charge >= 0.3 is 0 Å². The minimum absolute atomic E-state index is 0.418. The van der Waals surface area contributed by atoms with Gasteiger partial charge in [-0.15, -0.1) is 0 Å². The highest BCUT2D eigenvalue weighted by molar-refractivity contribution is 9.11. The Balaban J connectivity index is 1.38. The molecule has 1 fully saturated rings. The van der Waals surface area contributed by atoms with E-state index >= 15 is 0 Å². The third-order valence-electron chi connectivity index (χ3n) is 5.95. The molecule has 1 N–H and O–H groups in total. The summed E-state index contributed by atoms with van der Waals surface area (Å²) in [4.78, 5) is 12.1. The SMILES string of the molecule is COCc1nc(CC2CCN(C3=CC=C(Br)CN3)CC2)nc(C)c1OCc1ccccc1. The number of benzene rings is 1. The molecule has 0 aliphatic carbocycles. The maximum atomic E-state index is 6.11. The second-order valence-corrected chi connectivity index (χ2v) is 9.38. The molecule has 0 bridgehead atoms. The van der Waals surface area contributed by atoms with Crippen molar-refractivity contribution in [3.63, 3.8) is 0 Å². The van der Waals surface area contributed by atoms with Crippen LogP contribution < -0.4 is 10.1 Å². The van der Waals surface area contributed by atoms with Gasteiger partial charge in [0.1, 0.15) is 23.9 Å². The molecule has 3 heterocycles. The van der Waals surface area contributed by atoms with E-state index in [0.29, 0.717) is 19.1 Å². The summed E-state index contributed by atoms with van der Waals surface area (Å²) in [6, 6.07) is 10.2. The zero-order chi connectivity index (χ0) is 22.3. The maximum absolute atomic E-state index is 6.11. The average Bonchev–Trinajstić information content (AvgIpc) is 2.81. The number of methoxy groups -OCH3 is 1. The second kappa shape index (κ2) is 11.0. The highest BCUT2D eigenvalue weighted by Crippen LogP contribution is 2.27. The van der Waals surface area contributed by atoms with E-state index < -0.39 is 0 Å². The fourth-order valence-electron chi connectivity index (χ4n) is 4.24. The number of halogens is 1. The van der Waals surface area contributed by atoms with Crippen molar-refractivity contribution < 1.29 is 9.47 Å². The summed E-state index contributed by atoms with van der Waals surface area (Å²) in [6.45, 7) is 5.88. The number of nitrogens with zero attached hydrogens (tertiary/aromatic N) is 3. The van der Waals surface area contributed by atoms with Crippen LogP contribution in [0, 0.1) is 12.8 Å². The number of dihydropyridines is 1. The predicted molar refractivity (Wildman–Crippen MR) is 129 cm³/mol. The molecule has 0 unspecified atom stereocenters. The largest absolute Gasteiger partial charge is 0.485 e. The minimum atomic E-state index is 0.418. The summed E-state index contributed by atoms with van der Waals surface area (Å²) in [5.74, 6) is 3.44. The van der Waals surface area contributed by atoms with Gasteiger partial charge in [0.15, 0.2) is 5.75 Å². The van der Waals surface area contributed by atoms with Crippen molar-refractivity contribution in [2.24, 2.45) is 5.92 Å². The highest BCUT2D eigenvalue weighted by Gasteiger charge is 2.23. The predicted octanol–water partition coefficient (Wildman–Crippen LogP) is 4.49. The Morgan fingerprint density at radius 2 is 1.88 bits per heavy atom. The number of hydrogen-bond donors (Lipinski definition) is 1.